The van der Waals surface area contributed by atoms with E-state index in [1.807, 2.05) is 5.32 Å². The Labute approximate surface area is 91.7 Å². The molecule has 1 atom stereocenters. The standard InChI is InChI=1S/C7H12N2O6S/c1-4(10)9-5(7(12)13)2-16(14,15)3-6(8)11/h5H,2-3H2,1H3,(H2,8,11)(H,9,10)(H,12,13)/t5-/m0/s1. The van der Waals surface area contributed by atoms with E-state index < -0.39 is 45.2 Å². The summed E-state index contributed by atoms with van der Waals surface area (Å²) in [5, 5.41) is 10.6. The normalized spacial score (nSPS) is 12.8. The Balaban J connectivity index is 4.69. The average Bonchev–Trinajstić information content (AvgIpc) is 1.98. The van der Waals surface area contributed by atoms with Gasteiger partial charge in [0.2, 0.25) is 11.8 Å². The second kappa shape index (κ2) is 5.45. The first-order valence-electron chi connectivity index (χ1n) is 4.12. The fourth-order valence-electron chi connectivity index (χ4n) is 0.950. The Hall–Kier alpha value is -1.64. The number of sulfone groups is 1. The summed E-state index contributed by atoms with van der Waals surface area (Å²) in [5.41, 5.74) is 4.68. The summed E-state index contributed by atoms with van der Waals surface area (Å²) in [6.07, 6.45) is 0. The molecule has 0 heterocycles. The molecule has 8 nitrogen and oxygen atoms in total. The van der Waals surface area contributed by atoms with Crippen LogP contribution in [-0.2, 0) is 24.2 Å². The van der Waals surface area contributed by atoms with Crippen LogP contribution in [-0.4, -0.2) is 48.9 Å². The van der Waals surface area contributed by atoms with Crippen molar-refractivity contribution in [2.75, 3.05) is 11.5 Å². The maximum atomic E-state index is 11.2. The Bertz CT molecular complexity index is 401. The highest BCUT2D eigenvalue weighted by atomic mass is 32.2. The Morgan fingerprint density at radius 1 is 1.38 bits per heavy atom. The van der Waals surface area contributed by atoms with Crippen LogP contribution in [0.25, 0.3) is 0 Å². The number of rotatable bonds is 6. The van der Waals surface area contributed by atoms with Crippen molar-refractivity contribution in [3.05, 3.63) is 0 Å². The number of hydrogen-bond acceptors (Lipinski definition) is 5. The van der Waals surface area contributed by atoms with Gasteiger partial charge < -0.3 is 16.2 Å². The summed E-state index contributed by atoms with van der Waals surface area (Å²) >= 11 is 0. The van der Waals surface area contributed by atoms with E-state index in [1.165, 1.54) is 0 Å². The summed E-state index contributed by atoms with van der Waals surface area (Å²) in [4.78, 5) is 31.6. The molecular formula is C7H12N2O6S. The third kappa shape index (κ3) is 5.96. The number of carboxylic acid groups (broad SMARTS) is 1. The number of carboxylic acids is 1. The van der Waals surface area contributed by atoms with Crippen molar-refractivity contribution in [2.45, 2.75) is 13.0 Å². The van der Waals surface area contributed by atoms with Crippen LogP contribution in [0.4, 0.5) is 0 Å². The molecule has 0 radical (unpaired) electrons. The van der Waals surface area contributed by atoms with E-state index >= 15 is 0 Å². The first-order chi connectivity index (χ1) is 7.14. The lowest BCUT2D eigenvalue weighted by Gasteiger charge is -2.12. The second-order valence-electron chi connectivity index (χ2n) is 3.11. The number of primary amides is 1. The lowest BCUT2D eigenvalue weighted by molar-refractivity contribution is -0.140. The topological polar surface area (TPSA) is 144 Å². The monoisotopic (exact) mass is 252 g/mol. The third-order valence-electron chi connectivity index (χ3n) is 1.46. The molecule has 0 saturated heterocycles. The average molecular weight is 252 g/mol. The van der Waals surface area contributed by atoms with Crippen molar-refractivity contribution >= 4 is 27.6 Å². The summed E-state index contributed by atoms with van der Waals surface area (Å²) in [6, 6.07) is -1.58. The van der Waals surface area contributed by atoms with Crippen molar-refractivity contribution in [3.63, 3.8) is 0 Å². The Morgan fingerprint density at radius 2 is 1.88 bits per heavy atom. The maximum absolute atomic E-state index is 11.2. The predicted molar refractivity (Wildman–Crippen MR) is 53.1 cm³/mol. The fourth-order valence-corrected chi connectivity index (χ4v) is 2.23. The molecule has 4 N–H and O–H groups in total. The first-order valence-corrected chi connectivity index (χ1v) is 5.95. The molecule has 0 unspecified atom stereocenters. The van der Waals surface area contributed by atoms with Crippen LogP contribution in [0, 0.1) is 0 Å². The third-order valence-corrected chi connectivity index (χ3v) is 3.02. The van der Waals surface area contributed by atoms with Crippen LogP contribution in [0.1, 0.15) is 6.92 Å². The lowest BCUT2D eigenvalue weighted by Crippen LogP contribution is -2.45. The highest BCUT2D eigenvalue weighted by molar-refractivity contribution is 7.92. The van der Waals surface area contributed by atoms with E-state index in [-0.39, 0.29) is 0 Å². The van der Waals surface area contributed by atoms with E-state index in [4.69, 9.17) is 5.11 Å². The van der Waals surface area contributed by atoms with Crippen LogP contribution in [0.15, 0.2) is 0 Å². The summed E-state index contributed by atoms with van der Waals surface area (Å²) in [7, 11) is -3.94. The molecule has 0 aliphatic carbocycles. The van der Waals surface area contributed by atoms with E-state index in [0.717, 1.165) is 6.92 Å². The Morgan fingerprint density at radius 3 is 2.19 bits per heavy atom. The van der Waals surface area contributed by atoms with E-state index in [0.29, 0.717) is 0 Å². The van der Waals surface area contributed by atoms with Gasteiger partial charge in [-0.25, -0.2) is 13.2 Å². The van der Waals surface area contributed by atoms with Crippen molar-refractivity contribution in [2.24, 2.45) is 5.73 Å². The summed E-state index contributed by atoms with van der Waals surface area (Å²) in [6.45, 7) is 1.05. The van der Waals surface area contributed by atoms with Gasteiger partial charge in [0, 0.05) is 6.92 Å². The molecule has 92 valence electrons. The zero-order chi connectivity index (χ0) is 12.9. The molecule has 0 fully saturated rings. The number of nitrogens with one attached hydrogen (secondary N) is 1. The minimum atomic E-state index is -3.94. The lowest BCUT2D eigenvalue weighted by atomic mass is 10.3. The largest absolute Gasteiger partial charge is 0.480 e. The van der Waals surface area contributed by atoms with Gasteiger partial charge in [-0.1, -0.05) is 0 Å². The van der Waals surface area contributed by atoms with Crippen LogP contribution in [0.5, 0.6) is 0 Å². The van der Waals surface area contributed by atoms with Gasteiger partial charge >= 0.3 is 5.97 Å². The molecule has 16 heavy (non-hydrogen) atoms. The second-order valence-corrected chi connectivity index (χ2v) is 5.22. The number of amides is 2. The zero-order valence-corrected chi connectivity index (χ0v) is 9.28. The molecule has 0 aromatic rings. The van der Waals surface area contributed by atoms with E-state index in [1.54, 1.807) is 0 Å². The fraction of sp³-hybridized carbons (Fsp3) is 0.571. The van der Waals surface area contributed by atoms with Crippen LogP contribution in [0.2, 0.25) is 0 Å². The highest BCUT2D eigenvalue weighted by Crippen LogP contribution is 1.96. The quantitative estimate of drug-likeness (QED) is 0.475. The molecule has 0 rings (SSSR count). The van der Waals surface area contributed by atoms with Crippen LogP contribution < -0.4 is 11.1 Å². The van der Waals surface area contributed by atoms with E-state index in [9.17, 15) is 22.8 Å². The molecule has 0 aromatic carbocycles. The summed E-state index contributed by atoms with van der Waals surface area (Å²) < 4.78 is 22.4. The Kier molecular flexibility index (Phi) is 4.89. The van der Waals surface area contributed by atoms with Crippen LogP contribution in [0.3, 0.4) is 0 Å². The number of aliphatic carboxylic acids is 1. The summed E-state index contributed by atoms with van der Waals surface area (Å²) in [5.74, 6) is -5.07. The van der Waals surface area contributed by atoms with Gasteiger partial charge in [0.15, 0.2) is 9.84 Å². The highest BCUT2D eigenvalue weighted by Gasteiger charge is 2.26. The number of carbonyl (C=O) groups excluding carboxylic acids is 2. The number of carbonyl (C=O) groups is 3. The van der Waals surface area contributed by atoms with Crippen molar-refractivity contribution in [3.8, 4) is 0 Å². The smallest absolute Gasteiger partial charge is 0.327 e. The van der Waals surface area contributed by atoms with Crippen molar-refractivity contribution in [1.29, 1.82) is 0 Å². The van der Waals surface area contributed by atoms with Gasteiger partial charge in [-0.15, -0.1) is 0 Å². The van der Waals surface area contributed by atoms with Crippen molar-refractivity contribution < 1.29 is 27.9 Å². The predicted octanol–water partition coefficient (Wildman–Crippen LogP) is -2.52. The molecule has 9 heteroatoms. The zero-order valence-electron chi connectivity index (χ0n) is 8.47. The van der Waals surface area contributed by atoms with Gasteiger partial charge in [-0.2, -0.15) is 0 Å². The van der Waals surface area contributed by atoms with Gasteiger partial charge in [0.25, 0.3) is 0 Å². The number of nitrogens with two attached hydrogens (primary N) is 1. The molecular weight excluding hydrogens is 240 g/mol. The molecule has 0 saturated carbocycles. The maximum Gasteiger partial charge on any atom is 0.327 e. The van der Waals surface area contributed by atoms with Gasteiger partial charge in [0.1, 0.15) is 11.8 Å². The molecule has 0 bridgehead atoms. The van der Waals surface area contributed by atoms with E-state index in [2.05, 4.69) is 5.73 Å². The van der Waals surface area contributed by atoms with Gasteiger partial charge in [-0.05, 0) is 0 Å². The minimum absolute atomic E-state index is 0.679. The van der Waals surface area contributed by atoms with Gasteiger partial charge in [-0.3, -0.25) is 9.59 Å². The molecule has 0 aliphatic heterocycles. The SMILES string of the molecule is CC(=O)N[C@@H](CS(=O)(=O)CC(N)=O)C(=O)O. The van der Waals surface area contributed by atoms with Crippen molar-refractivity contribution in [1.82, 2.24) is 5.32 Å². The molecule has 2 amide bonds. The minimum Gasteiger partial charge on any atom is -0.480 e. The van der Waals surface area contributed by atoms with Gasteiger partial charge in [0.05, 0.1) is 5.75 Å². The molecule has 0 aliphatic rings. The molecule has 0 aromatic heterocycles. The van der Waals surface area contributed by atoms with Crippen LogP contribution >= 0.6 is 0 Å². The molecule has 0 spiro atoms. The number of hydrogen-bond donors (Lipinski definition) is 3. The first kappa shape index (κ1) is 14.4.